The first-order chi connectivity index (χ1) is 8.79. The molecule has 100 valence electrons. The highest BCUT2D eigenvalue weighted by Gasteiger charge is 2.16. The van der Waals surface area contributed by atoms with Gasteiger partial charge in [0.15, 0.2) is 0 Å². The molecule has 1 aliphatic rings. The summed E-state index contributed by atoms with van der Waals surface area (Å²) in [7, 11) is 0. The Labute approximate surface area is 120 Å². The first-order valence-electron chi connectivity index (χ1n) is 6.90. The Hall–Kier alpha value is -0.180. The highest BCUT2D eigenvalue weighted by atomic mass is 35.5. The lowest BCUT2D eigenvalue weighted by molar-refractivity contribution is 0.500. The molecule has 2 rings (SSSR count). The lowest BCUT2D eigenvalue weighted by atomic mass is 10.0. The van der Waals surface area contributed by atoms with Gasteiger partial charge >= 0.3 is 0 Å². The number of hydrogen-bond donors (Lipinski definition) is 1. The molecule has 1 nitrogen and oxygen atoms in total. The van der Waals surface area contributed by atoms with Crippen LogP contribution in [0.3, 0.4) is 0 Å². The Kier molecular flexibility index (Phi) is 5.87. The minimum Gasteiger partial charge on any atom is -0.309 e. The molecule has 1 N–H and O–H groups in total. The van der Waals surface area contributed by atoms with Crippen molar-refractivity contribution in [2.24, 2.45) is 0 Å². The van der Waals surface area contributed by atoms with Crippen molar-refractivity contribution in [1.29, 1.82) is 0 Å². The van der Waals surface area contributed by atoms with E-state index < -0.39 is 0 Å². The van der Waals surface area contributed by atoms with Crippen LogP contribution in [-0.4, -0.2) is 17.5 Å². The number of halogens is 1. The molecule has 18 heavy (non-hydrogen) atoms. The molecule has 1 saturated heterocycles. The molecule has 2 atom stereocenters. The Bertz CT molecular complexity index is 363. The average molecular weight is 284 g/mol. The zero-order valence-electron chi connectivity index (χ0n) is 11.0. The molecule has 0 spiro atoms. The van der Waals surface area contributed by atoms with Gasteiger partial charge in [0.2, 0.25) is 0 Å². The molecular formula is C15H22ClNS. The predicted octanol–water partition coefficient (Wildman–Crippen LogP) is 4.67. The van der Waals surface area contributed by atoms with Gasteiger partial charge < -0.3 is 5.32 Å². The molecule has 1 aromatic carbocycles. The monoisotopic (exact) mass is 283 g/mol. The van der Waals surface area contributed by atoms with E-state index in [9.17, 15) is 0 Å². The summed E-state index contributed by atoms with van der Waals surface area (Å²) in [4.78, 5) is 0. The summed E-state index contributed by atoms with van der Waals surface area (Å²) < 4.78 is 0. The van der Waals surface area contributed by atoms with Crippen molar-refractivity contribution in [3.63, 3.8) is 0 Å². The number of rotatable bonds is 5. The van der Waals surface area contributed by atoms with Gasteiger partial charge in [0, 0.05) is 22.9 Å². The molecule has 0 aliphatic carbocycles. The number of thioether (sulfide) groups is 1. The highest BCUT2D eigenvalue weighted by Crippen LogP contribution is 2.26. The molecule has 0 radical (unpaired) electrons. The summed E-state index contributed by atoms with van der Waals surface area (Å²) in [5.74, 6) is 1.33. The van der Waals surface area contributed by atoms with Gasteiger partial charge in [0.05, 0.1) is 0 Å². The first-order valence-corrected chi connectivity index (χ1v) is 8.32. The van der Waals surface area contributed by atoms with Gasteiger partial charge in [0.25, 0.3) is 0 Å². The Morgan fingerprint density at radius 2 is 2.33 bits per heavy atom. The highest BCUT2D eigenvalue weighted by molar-refractivity contribution is 7.99. The van der Waals surface area contributed by atoms with Crippen LogP contribution in [-0.2, 0) is 0 Å². The average Bonchev–Trinajstić information content (AvgIpc) is 2.41. The summed E-state index contributed by atoms with van der Waals surface area (Å²) >= 11 is 8.19. The zero-order valence-corrected chi connectivity index (χ0v) is 12.6. The van der Waals surface area contributed by atoms with E-state index in [4.69, 9.17) is 11.6 Å². The van der Waals surface area contributed by atoms with Crippen molar-refractivity contribution in [2.75, 3.05) is 12.3 Å². The fourth-order valence-corrected chi connectivity index (χ4v) is 3.91. The van der Waals surface area contributed by atoms with Gasteiger partial charge in [0.1, 0.15) is 0 Å². The van der Waals surface area contributed by atoms with E-state index >= 15 is 0 Å². The number of nitrogens with one attached hydrogen (secondary N) is 1. The van der Waals surface area contributed by atoms with Crippen LogP contribution >= 0.6 is 23.4 Å². The molecule has 0 saturated carbocycles. The Morgan fingerprint density at radius 1 is 1.44 bits per heavy atom. The van der Waals surface area contributed by atoms with E-state index in [1.165, 1.54) is 30.6 Å². The third-order valence-electron chi connectivity index (χ3n) is 3.53. The number of benzene rings is 1. The maximum Gasteiger partial charge on any atom is 0.0409 e. The molecule has 0 aromatic heterocycles. The fraction of sp³-hybridized carbons (Fsp3) is 0.600. The van der Waals surface area contributed by atoms with Crippen molar-refractivity contribution < 1.29 is 0 Å². The van der Waals surface area contributed by atoms with Crippen molar-refractivity contribution in [3.05, 3.63) is 34.9 Å². The lowest BCUT2D eigenvalue weighted by Crippen LogP contribution is -2.30. The standard InChI is InChI=1S/C15H22ClNS/c1-2-15(12-6-5-7-13(16)10-12)17-11-14-8-3-4-9-18-14/h5-7,10,14-15,17H,2-4,8-9,11H2,1H3. The van der Waals surface area contributed by atoms with Crippen LogP contribution in [0.1, 0.15) is 44.2 Å². The predicted molar refractivity (Wildman–Crippen MR) is 82.6 cm³/mol. The van der Waals surface area contributed by atoms with Crippen molar-refractivity contribution in [3.8, 4) is 0 Å². The smallest absolute Gasteiger partial charge is 0.0409 e. The lowest BCUT2D eigenvalue weighted by Gasteiger charge is -2.25. The van der Waals surface area contributed by atoms with E-state index in [0.717, 1.165) is 23.2 Å². The summed E-state index contributed by atoms with van der Waals surface area (Å²) in [5, 5.41) is 5.33. The van der Waals surface area contributed by atoms with Crippen LogP contribution in [0.5, 0.6) is 0 Å². The zero-order chi connectivity index (χ0) is 12.8. The van der Waals surface area contributed by atoms with Crippen molar-refractivity contribution >= 4 is 23.4 Å². The maximum absolute atomic E-state index is 6.06. The van der Waals surface area contributed by atoms with Crippen LogP contribution in [0.2, 0.25) is 5.02 Å². The van der Waals surface area contributed by atoms with E-state index in [1.54, 1.807) is 0 Å². The SMILES string of the molecule is CCC(NCC1CCCCS1)c1cccc(Cl)c1. The van der Waals surface area contributed by atoms with Crippen LogP contribution < -0.4 is 5.32 Å². The van der Waals surface area contributed by atoms with E-state index in [2.05, 4.69) is 36.1 Å². The van der Waals surface area contributed by atoms with Gasteiger partial charge in [-0.05, 0) is 42.7 Å². The van der Waals surface area contributed by atoms with E-state index in [1.807, 2.05) is 12.1 Å². The second-order valence-corrected chi connectivity index (χ2v) is 6.76. The van der Waals surface area contributed by atoms with Crippen molar-refractivity contribution in [2.45, 2.75) is 43.9 Å². The van der Waals surface area contributed by atoms with Crippen molar-refractivity contribution in [1.82, 2.24) is 5.32 Å². The largest absolute Gasteiger partial charge is 0.309 e. The van der Waals surface area contributed by atoms with Gasteiger partial charge in [-0.25, -0.2) is 0 Å². The van der Waals surface area contributed by atoms with Gasteiger partial charge in [-0.15, -0.1) is 0 Å². The maximum atomic E-state index is 6.06. The second kappa shape index (κ2) is 7.42. The van der Waals surface area contributed by atoms with Gasteiger partial charge in [-0.3, -0.25) is 0 Å². The number of hydrogen-bond acceptors (Lipinski definition) is 2. The molecule has 1 aliphatic heterocycles. The molecular weight excluding hydrogens is 262 g/mol. The molecule has 1 heterocycles. The summed E-state index contributed by atoms with van der Waals surface area (Å²) in [5.41, 5.74) is 1.31. The molecule has 0 amide bonds. The third-order valence-corrected chi connectivity index (χ3v) is 5.16. The van der Waals surface area contributed by atoms with Crippen LogP contribution in [0.4, 0.5) is 0 Å². The summed E-state index contributed by atoms with van der Waals surface area (Å²) in [6.07, 6.45) is 5.27. The van der Waals surface area contributed by atoms with Gasteiger partial charge in [-0.1, -0.05) is 37.1 Å². The molecule has 1 aromatic rings. The van der Waals surface area contributed by atoms with Gasteiger partial charge in [-0.2, -0.15) is 11.8 Å². The normalized spacial score (nSPS) is 21.8. The molecule has 1 fully saturated rings. The minimum absolute atomic E-state index is 0.436. The van der Waals surface area contributed by atoms with E-state index in [-0.39, 0.29) is 0 Å². The summed E-state index contributed by atoms with van der Waals surface area (Å²) in [6.45, 7) is 3.35. The van der Waals surface area contributed by atoms with Crippen LogP contribution in [0.25, 0.3) is 0 Å². The van der Waals surface area contributed by atoms with E-state index in [0.29, 0.717) is 6.04 Å². The Balaban J connectivity index is 1.88. The fourth-order valence-electron chi connectivity index (χ4n) is 2.46. The molecule has 2 unspecified atom stereocenters. The minimum atomic E-state index is 0.436. The van der Waals surface area contributed by atoms with Crippen LogP contribution in [0.15, 0.2) is 24.3 Å². The molecule has 0 bridgehead atoms. The Morgan fingerprint density at radius 3 is 3.00 bits per heavy atom. The first kappa shape index (κ1) is 14.2. The topological polar surface area (TPSA) is 12.0 Å². The third kappa shape index (κ3) is 4.18. The summed E-state index contributed by atoms with van der Waals surface area (Å²) in [6, 6.07) is 8.66. The second-order valence-electron chi connectivity index (χ2n) is 4.91. The molecule has 3 heteroatoms. The van der Waals surface area contributed by atoms with Crippen LogP contribution in [0, 0.1) is 0 Å². The quantitative estimate of drug-likeness (QED) is 0.843.